The molecule has 1 fully saturated rings. The highest BCUT2D eigenvalue weighted by Gasteiger charge is 2.25. The van der Waals surface area contributed by atoms with Crippen molar-refractivity contribution in [2.45, 2.75) is 25.3 Å². The molecule has 4 rings (SSSR count). The van der Waals surface area contributed by atoms with E-state index in [0.29, 0.717) is 29.5 Å². The van der Waals surface area contributed by atoms with E-state index in [1.807, 2.05) is 42.5 Å². The molecule has 0 atom stereocenters. The van der Waals surface area contributed by atoms with Gasteiger partial charge in [0.2, 0.25) is 0 Å². The van der Waals surface area contributed by atoms with Gasteiger partial charge in [0, 0.05) is 30.1 Å². The molecule has 1 amide bonds. The first-order valence-corrected chi connectivity index (χ1v) is 9.73. The van der Waals surface area contributed by atoms with Crippen molar-refractivity contribution in [2.24, 2.45) is 0 Å². The van der Waals surface area contributed by atoms with Crippen LogP contribution in [0.1, 0.15) is 40.2 Å². The van der Waals surface area contributed by atoms with Crippen LogP contribution in [0.5, 0.6) is 11.5 Å². The summed E-state index contributed by atoms with van der Waals surface area (Å²) in [4.78, 5) is 17.3. The number of pyridine rings is 1. The number of carbonyl (C=O) groups excluding carboxylic acids is 1. The first-order valence-electron chi connectivity index (χ1n) is 9.73. The molecule has 1 heterocycles. The van der Waals surface area contributed by atoms with Crippen LogP contribution in [0, 0.1) is 0 Å². The van der Waals surface area contributed by atoms with E-state index < -0.39 is 0 Å². The van der Waals surface area contributed by atoms with Crippen molar-refractivity contribution in [2.75, 3.05) is 14.2 Å². The number of nitrogens with zero attached hydrogens (tertiary/aromatic N) is 1. The molecule has 148 valence electrons. The molecule has 3 aromatic rings. The molecule has 0 unspecified atom stereocenters. The van der Waals surface area contributed by atoms with Gasteiger partial charge in [0.05, 0.1) is 14.2 Å². The van der Waals surface area contributed by atoms with E-state index in [9.17, 15) is 4.79 Å². The summed E-state index contributed by atoms with van der Waals surface area (Å²) >= 11 is 0. The summed E-state index contributed by atoms with van der Waals surface area (Å²) in [6.45, 7) is 0.402. The van der Waals surface area contributed by atoms with Crippen molar-refractivity contribution < 1.29 is 14.3 Å². The SMILES string of the molecule is COc1ccc(CNC(=O)c2cc(C3CC3)ccc2-c2cccnc2)cc1OC. The maximum Gasteiger partial charge on any atom is 0.252 e. The zero-order chi connectivity index (χ0) is 20.2. The maximum absolute atomic E-state index is 13.1. The highest BCUT2D eigenvalue weighted by atomic mass is 16.5. The first-order chi connectivity index (χ1) is 14.2. The zero-order valence-corrected chi connectivity index (χ0v) is 16.6. The largest absolute Gasteiger partial charge is 0.493 e. The van der Waals surface area contributed by atoms with E-state index in [0.717, 1.165) is 16.7 Å². The molecule has 2 aromatic carbocycles. The number of nitrogens with one attached hydrogen (secondary N) is 1. The van der Waals surface area contributed by atoms with Gasteiger partial charge in [0.1, 0.15) is 0 Å². The molecule has 1 aliphatic carbocycles. The maximum atomic E-state index is 13.1. The molecular formula is C24H24N2O3. The van der Waals surface area contributed by atoms with Crippen LogP contribution >= 0.6 is 0 Å². The summed E-state index contributed by atoms with van der Waals surface area (Å²) in [5.41, 5.74) is 4.69. The predicted molar refractivity (Wildman–Crippen MR) is 112 cm³/mol. The van der Waals surface area contributed by atoms with Crippen LogP contribution in [0.3, 0.4) is 0 Å². The molecule has 0 spiro atoms. The number of benzene rings is 2. The fourth-order valence-electron chi connectivity index (χ4n) is 3.46. The smallest absolute Gasteiger partial charge is 0.252 e. The van der Waals surface area contributed by atoms with Gasteiger partial charge in [0.25, 0.3) is 5.91 Å². The Hall–Kier alpha value is -3.34. The molecule has 1 N–H and O–H groups in total. The molecule has 1 aliphatic rings. The van der Waals surface area contributed by atoms with Crippen LogP contribution in [0.15, 0.2) is 60.9 Å². The average molecular weight is 388 g/mol. The zero-order valence-electron chi connectivity index (χ0n) is 16.6. The number of hydrogen-bond donors (Lipinski definition) is 1. The molecule has 5 heteroatoms. The third kappa shape index (κ3) is 4.24. The molecule has 0 saturated heterocycles. The number of amides is 1. The minimum Gasteiger partial charge on any atom is -0.493 e. The summed E-state index contributed by atoms with van der Waals surface area (Å²) in [5, 5.41) is 3.05. The van der Waals surface area contributed by atoms with Gasteiger partial charge in [-0.05, 0) is 59.7 Å². The van der Waals surface area contributed by atoms with Crippen LogP contribution < -0.4 is 14.8 Å². The number of rotatable bonds is 7. The van der Waals surface area contributed by atoms with Crippen molar-refractivity contribution >= 4 is 5.91 Å². The van der Waals surface area contributed by atoms with E-state index >= 15 is 0 Å². The number of methoxy groups -OCH3 is 2. The summed E-state index contributed by atoms with van der Waals surface area (Å²) in [5.74, 6) is 1.79. The molecular weight excluding hydrogens is 364 g/mol. The van der Waals surface area contributed by atoms with Crippen LogP contribution in [0.25, 0.3) is 11.1 Å². The Balaban J connectivity index is 1.58. The van der Waals surface area contributed by atoms with Crippen molar-refractivity contribution in [3.63, 3.8) is 0 Å². The van der Waals surface area contributed by atoms with E-state index in [1.54, 1.807) is 26.6 Å². The van der Waals surface area contributed by atoms with Crippen molar-refractivity contribution in [1.29, 1.82) is 0 Å². The van der Waals surface area contributed by atoms with Gasteiger partial charge < -0.3 is 14.8 Å². The Morgan fingerprint density at radius 1 is 1.07 bits per heavy atom. The molecule has 0 radical (unpaired) electrons. The van der Waals surface area contributed by atoms with Crippen molar-refractivity contribution in [3.05, 3.63) is 77.6 Å². The van der Waals surface area contributed by atoms with Crippen LogP contribution in [0.4, 0.5) is 0 Å². The minimum atomic E-state index is -0.0962. The van der Waals surface area contributed by atoms with E-state index in [2.05, 4.69) is 16.4 Å². The third-order valence-corrected chi connectivity index (χ3v) is 5.21. The number of carbonyl (C=O) groups is 1. The average Bonchev–Trinajstić information content (AvgIpc) is 3.63. The number of hydrogen-bond acceptors (Lipinski definition) is 4. The Morgan fingerprint density at radius 3 is 2.59 bits per heavy atom. The van der Waals surface area contributed by atoms with Crippen molar-refractivity contribution in [1.82, 2.24) is 10.3 Å². The fraction of sp³-hybridized carbons (Fsp3) is 0.250. The summed E-state index contributed by atoms with van der Waals surface area (Å²) in [6.07, 6.45) is 5.91. The quantitative estimate of drug-likeness (QED) is 0.644. The van der Waals surface area contributed by atoms with E-state index in [-0.39, 0.29) is 5.91 Å². The van der Waals surface area contributed by atoms with Gasteiger partial charge in [-0.1, -0.05) is 24.3 Å². The lowest BCUT2D eigenvalue weighted by Gasteiger charge is -2.13. The Labute approximate surface area is 170 Å². The Bertz CT molecular complexity index is 1010. The standard InChI is InChI=1S/C24H24N2O3/c1-28-22-10-5-16(12-23(22)29-2)14-26-24(27)21-13-18(17-6-7-17)8-9-20(21)19-4-3-11-25-15-19/h3-5,8-13,15,17H,6-7,14H2,1-2H3,(H,26,27). The van der Waals surface area contributed by atoms with Gasteiger partial charge in [0.15, 0.2) is 11.5 Å². The molecule has 1 saturated carbocycles. The third-order valence-electron chi connectivity index (χ3n) is 5.21. The van der Waals surface area contributed by atoms with E-state index in [1.165, 1.54) is 18.4 Å². The molecule has 0 bridgehead atoms. The second-order valence-corrected chi connectivity index (χ2v) is 7.19. The van der Waals surface area contributed by atoms with Gasteiger partial charge in [-0.3, -0.25) is 9.78 Å². The van der Waals surface area contributed by atoms with Gasteiger partial charge in [-0.2, -0.15) is 0 Å². The van der Waals surface area contributed by atoms with Gasteiger partial charge in [-0.25, -0.2) is 0 Å². The second-order valence-electron chi connectivity index (χ2n) is 7.19. The van der Waals surface area contributed by atoms with Crippen LogP contribution in [-0.2, 0) is 6.54 Å². The summed E-state index contributed by atoms with van der Waals surface area (Å²) in [6, 6.07) is 15.7. The highest BCUT2D eigenvalue weighted by Crippen LogP contribution is 2.41. The molecule has 29 heavy (non-hydrogen) atoms. The van der Waals surface area contributed by atoms with Crippen molar-refractivity contribution in [3.8, 4) is 22.6 Å². The molecule has 0 aliphatic heterocycles. The molecule has 5 nitrogen and oxygen atoms in total. The highest BCUT2D eigenvalue weighted by molar-refractivity contribution is 6.01. The topological polar surface area (TPSA) is 60.5 Å². The number of aromatic nitrogens is 1. The summed E-state index contributed by atoms with van der Waals surface area (Å²) < 4.78 is 10.6. The molecule has 1 aromatic heterocycles. The number of ether oxygens (including phenoxy) is 2. The Kier molecular flexibility index (Phi) is 5.47. The lowest BCUT2D eigenvalue weighted by molar-refractivity contribution is 0.0951. The minimum absolute atomic E-state index is 0.0962. The second kappa shape index (κ2) is 8.35. The van der Waals surface area contributed by atoms with Crippen LogP contribution in [-0.4, -0.2) is 25.1 Å². The lowest BCUT2D eigenvalue weighted by atomic mass is 9.96. The van der Waals surface area contributed by atoms with Crippen LogP contribution in [0.2, 0.25) is 0 Å². The normalized spacial score (nSPS) is 13.0. The van der Waals surface area contributed by atoms with Gasteiger partial charge >= 0.3 is 0 Å². The first kappa shape index (κ1) is 19.0. The Morgan fingerprint density at radius 2 is 1.90 bits per heavy atom. The summed E-state index contributed by atoms with van der Waals surface area (Å²) in [7, 11) is 3.20. The van der Waals surface area contributed by atoms with E-state index in [4.69, 9.17) is 9.47 Å². The fourth-order valence-corrected chi connectivity index (χ4v) is 3.46. The van der Waals surface area contributed by atoms with Gasteiger partial charge in [-0.15, -0.1) is 0 Å². The predicted octanol–water partition coefficient (Wildman–Crippen LogP) is 4.57. The monoisotopic (exact) mass is 388 g/mol. The lowest BCUT2D eigenvalue weighted by Crippen LogP contribution is -2.23.